The number of hydrogen-bond donors (Lipinski definition) is 0. The molecule has 1 aliphatic heterocycles. The van der Waals surface area contributed by atoms with Crippen LogP contribution in [0.4, 0.5) is 5.69 Å². The van der Waals surface area contributed by atoms with Gasteiger partial charge in [-0.2, -0.15) is 0 Å². The van der Waals surface area contributed by atoms with E-state index in [-0.39, 0.29) is 0 Å². The summed E-state index contributed by atoms with van der Waals surface area (Å²) < 4.78 is 2.28. The van der Waals surface area contributed by atoms with Crippen molar-refractivity contribution in [2.24, 2.45) is 4.99 Å². The zero-order valence-electron chi connectivity index (χ0n) is 14.5. The Morgan fingerprint density at radius 1 is 0.920 bits per heavy atom. The van der Waals surface area contributed by atoms with Crippen LogP contribution in [0.15, 0.2) is 53.5 Å². The van der Waals surface area contributed by atoms with Gasteiger partial charge in [-0.25, -0.2) is 0 Å². The second-order valence-corrected chi connectivity index (χ2v) is 6.62. The molecule has 0 atom stereocenters. The summed E-state index contributed by atoms with van der Waals surface area (Å²) in [6.07, 6.45) is 6.63. The van der Waals surface area contributed by atoms with Crippen LogP contribution in [-0.2, 0) is 13.0 Å². The van der Waals surface area contributed by atoms with E-state index < -0.39 is 0 Å². The molecule has 0 saturated heterocycles. The molecule has 1 aromatic heterocycles. The fourth-order valence-corrected chi connectivity index (χ4v) is 3.20. The summed E-state index contributed by atoms with van der Waals surface area (Å²) in [7, 11) is 0. The SMILES string of the molecule is Cc1ccc(C=Nc2ccc(-c3nnc4n3CCCCC4)cc2)cc1. The zero-order valence-corrected chi connectivity index (χ0v) is 14.5. The second kappa shape index (κ2) is 7.01. The minimum Gasteiger partial charge on any atom is -0.311 e. The minimum absolute atomic E-state index is 0.944. The lowest BCUT2D eigenvalue weighted by Crippen LogP contribution is -2.02. The maximum absolute atomic E-state index is 4.56. The third-order valence-corrected chi connectivity index (χ3v) is 4.68. The smallest absolute Gasteiger partial charge is 0.163 e. The van der Waals surface area contributed by atoms with E-state index in [1.807, 2.05) is 18.3 Å². The predicted molar refractivity (Wildman–Crippen MR) is 101 cm³/mol. The lowest BCUT2D eigenvalue weighted by molar-refractivity contribution is 0.636. The Hall–Kier alpha value is -2.75. The van der Waals surface area contributed by atoms with Gasteiger partial charge in [0.1, 0.15) is 5.82 Å². The van der Waals surface area contributed by atoms with Crippen molar-refractivity contribution in [3.63, 3.8) is 0 Å². The first-order valence-corrected chi connectivity index (χ1v) is 8.93. The van der Waals surface area contributed by atoms with E-state index in [2.05, 4.69) is 63.1 Å². The number of benzene rings is 2. The Bertz CT molecular complexity index is 873. The third-order valence-electron chi connectivity index (χ3n) is 4.68. The summed E-state index contributed by atoms with van der Waals surface area (Å²) in [5, 5.41) is 8.80. The van der Waals surface area contributed by atoms with Gasteiger partial charge in [0.2, 0.25) is 0 Å². The molecule has 2 aromatic carbocycles. The van der Waals surface area contributed by atoms with Crippen LogP contribution < -0.4 is 0 Å². The van der Waals surface area contributed by atoms with E-state index >= 15 is 0 Å². The summed E-state index contributed by atoms with van der Waals surface area (Å²) in [5.74, 6) is 2.10. The number of aliphatic imine (C=N–C) groups is 1. The fraction of sp³-hybridized carbons (Fsp3) is 0.286. The molecular formula is C21H22N4. The van der Waals surface area contributed by atoms with E-state index in [9.17, 15) is 0 Å². The topological polar surface area (TPSA) is 43.1 Å². The van der Waals surface area contributed by atoms with Gasteiger partial charge in [0.05, 0.1) is 5.69 Å². The van der Waals surface area contributed by atoms with Crippen molar-refractivity contribution in [3.05, 3.63) is 65.5 Å². The van der Waals surface area contributed by atoms with Crippen LogP contribution in [0.25, 0.3) is 11.4 Å². The summed E-state index contributed by atoms with van der Waals surface area (Å²) >= 11 is 0. The van der Waals surface area contributed by atoms with Gasteiger partial charge >= 0.3 is 0 Å². The predicted octanol–water partition coefficient (Wildman–Crippen LogP) is 4.73. The Morgan fingerprint density at radius 2 is 1.72 bits per heavy atom. The Balaban J connectivity index is 1.54. The number of rotatable bonds is 3. The summed E-state index contributed by atoms with van der Waals surface area (Å²) in [6, 6.07) is 16.6. The van der Waals surface area contributed by atoms with Crippen LogP contribution >= 0.6 is 0 Å². The Labute approximate surface area is 148 Å². The van der Waals surface area contributed by atoms with Crippen molar-refractivity contribution >= 4 is 11.9 Å². The van der Waals surface area contributed by atoms with Gasteiger partial charge in [-0.1, -0.05) is 36.2 Å². The van der Waals surface area contributed by atoms with E-state index in [4.69, 9.17) is 0 Å². The first-order chi connectivity index (χ1) is 12.3. The van der Waals surface area contributed by atoms with Crippen molar-refractivity contribution in [3.8, 4) is 11.4 Å². The van der Waals surface area contributed by atoms with Gasteiger partial charge < -0.3 is 4.57 Å². The highest BCUT2D eigenvalue weighted by molar-refractivity contribution is 5.82. The van der Waals surface area contributed by atoms with E-state index in [1.165, 1.54) is 24.8 Å². The Kier molecular flexibility index (Phi) is 4.42. The Morgan fingerprint density at radius 3 is 2.52 bits per heavy atom. The van der Waals surface area contributed by atoms with Crippen LogP contribution in [0.3, 0.4) is 0 Å². The number of hydrogen-bond acceptors (Lipinski definition) is 3. The molecule has 0 aliphatic carbocycles. The van der Waals surface area contributed by atoms with Crippen molar-refractivity contribution in [2.45, 2.75) is 39.2 Å². The zero-order chi connectivity index (χ0) is 17.1. The highest BCUT2D eigenvalue weighted by Gasteiger charge is 2.15. The fourth-order valence-electron chi connectivity index (χ4n) is 3.20. The monoisotopic (exact) mass is 330 g/mol. The lowest BCUT2D eigenvalue weighted by Gasteiger charge is -2.07. The number of nitrogens with zero attached hydrogens (tertiary/aromatic N) is 4. The van der Waals surface area contributed by atoms with Gasteiger partial charge in [-0.3, -0.25) is 4.99 Å². The number of aryl methyl sites for hydroxylation is 2. The first-order valence-electron chi connectivity index (χ1n) is 8.93. The molecule has 0 saturated carbocycles. The molecule has 25 heavy (non-hydrogen) atoms. The average molecular weight is 330 g/mol. The molecular weight excluding hydrogens is 308 g/mol. The molecule has 0 spiro atoms. The molecule has 126 valence electrons. The highest BCUT2D eigenvalue weighted by Crippen LogP contribution is 2.24. The first kappa shape index (κ1) is 15.8. The van der Waals surface area contributed by atoms with Crippen molar-refractivity contribution in [2.75, 3.05) is 0 Å². The molecule has 0 unspecified atom stereocenters. The molecule has 0 amide bonds. The van der Waals surface area contributed by atoms with Crippen LogP contribution in [0.2, 0.25) is 0 Å². The lowest BCUT2D eigenvalue weighted by atomic mass is 10.1. The van der Waals surface area contributed by atoms with Gasteiger partial charge in [0, 0.05) is 24.7 Å². The molecule has 4 heteroatoms. The average Bonchev–Trinajstić information content (AvgIpc) is 2.90. The molecule has 0 N–H and O–H groups in total. The maximum atomic E-state index is 4.56. The number of fused-ring (bicyclic) bond motifs is 1. The highest BCUT2D eigenvalue weighted by atomic mass is 15.3. The van der Waals surface area contributed by atoms with Gasteiger partial charge in [0.15, 0.2) is 5.82 Å². The summed E-state index contributed by atoms with van der Waals surface area (Å²) in [5.41, 5.74) is 4.42. The van der Waals surface area contributed by atoms with Gasteiger partial charge in [-0.05, 0) is 49.6 Å². The summed E-state index contributed by atoms with van der Waals surface area (Å²) in [4.78, 5) is 4.56. The second-order valence-electron chi connectivity index (χ2n) is 6.62. The van der Waals surface area contributed by atoms with Gasteiger partial charge in [-0.15, -0.1) is 10.2 Å². The quantitative estimate of drug-likeness (QED) is 0.652. The standard InChI is InChI=1S/C21H22N4/c1-16-6-8-17(9-7-16)15-22-19-12-10-18(11-13-19)21-24-23-20-5-3-2-4-14-25(20)21/h6-13,15H,2-5,14H2,1H3. The largest absolute Gasteiger partial charge is 0.311 e. The van der Waals surface area contributed by atoms with Crippen LogP contribution in [0.1, 0.15) is 36.2 Å². The van der Waals surface area contributed by atoms with E-state index in [0.29, 0.717) is 0 Å². The molecule has 0 bridgehead atoms. The molecule has 2 heterocycles. The van der Waals surface area contributed by atoms with Crippen molar-refractivity contribution in [1.82, 2.24) is 14.8 Å². The van der Waals surface area contributed by atoms with Crippen LogP contribution in [0, 0.1) is 6.92 Å². The molecule has 4 rings (SSSR count). The summed E-state index contributed by atoms with van der Waals surface area (Å²) in [6.45, 7) is 3.11. The number of aromatic nitrogens is 3. The van der Waals surface area contributed by atoms with Gasteiger partial charge in [0.25, 0.3) is 0 Å². The van der Waals surface area contributed by atoms with Crippen molar-refractivity contribution in [1.29, 1.82) is 0 Å². The molecule has 3 aromatic rings. The van der Waals surface area contributed by atoms with Crippen LogP contribution in [-0.4, -0.2) is 21.0 Å². The van der Waals surface area contributed by atoms with E-state index in [1.54, 1.807) is 0 Å². The molecule has 0 fully saturated rings. The minimum atomic E-state index is 0.944. The normalized spacial score (nSPS) is 14.4. The molecule has 0 radical (unpaired) electrons. The third kappa shape index (κ3) is 3.53. The molecule has 1 aliphatic rings. The van der Waals surface area contributed by atoms with Crippen molar-refractivity contribution < 1.29 is 0 Å². The molecule has 4 nitrogen and oxygen atoms in total. The van der Waals surface area contributed by atoms with E-state index in [0.717, 1.165) is 41.4 Å². The van der Waals surface area contributed by atoms with Crippen LogP contribution in [0.5, 0.6) is 0 Å². The maximum Gasteiger partial charge on any atom is 0.163 e.